The Labute approximate surface area is 274 Å². The van der Waals surface area contributed by atoms with E-state index in [2.05, 4.69) is 15.3 Å². The van der Waals surface area contributed by atoms with E-state index in [1.807, 2.05) is 11.0 Å². The fourth-order valence-corrected chi connectivity index (χ4v) is 9.14. The highest BCUT2D eigenvalue weighted by Gasteiger charge is 2.50. The van der Waals surface area contributed by atoms with Crippen molar-refractivity contribution in [3.63, 3.8) is 0 Å². The molecule has 4 aliphatic rings. The number of nitriles is 1. The van der Waals surface area contributed by atoms with Gasteiger partial charge in [-0.05, 0) is 61.8 Å². The number of rotatable bonds is 6. The van der Waals surface area contributed by atoms with Crippen LogP contribution in [0.25, 0.3) is 32.1 Å². The highest BCUT2D eigenvalue weighted by atomic mass is 32.1. The number of alkyl halides is 4. The van der Waals surface area contributed by atoms with Gasteiger partial charge in [0.1, 0.15) is 41.3 Å². The van der Waals surface area contributed by atoms with E-state index in [-0.39, 0.29) is 74.6 Å². The third-order valence-electron chi connectivity index (χ3n) is 10.5. The highest BCUT2D eigenvalue weighted by molar-refractivity contribution is 7.23. The largest absolute Gasteiger partial charge is 0.474 e. The van der Waals surface area contributed by atoms with Crippen molar-refractivity contribution in [2.45, 2.75) is 62.5 Å². The molecule has 0 amide bonds. The maximum absolute atomic E-state index is 16.9. The van der Waals surface area contributed by atoms with Gasteiger partial charge in [-0.25, -0.2) is 13.2 Å². The van der Waals surface area contributed by atoms with Crippen LogP contribution in [-0.4, -0.2) is 65.5 Å². The summed E-state index contributed by atoms with van der Waals surface area (Å²) in [4.78, 5) is 10.7. The first-order chi connectivity index (χ1) is 22.9. The van der Waals surface area contributed by atoms with E-state index in [1.165, 1.54) is 0 Å². The number of benzene rings is 2. The molecular formula is C33H30F6N6O2S. The Hall–Kier alpha value is -3.87. The minimum absolute atomic E-state index is 0.00395. The van der Waals surface area contributed by atoms with Crippen LogP contribution in [0.5, 0.6) is 11.9 Å². The molecule has 5 heterocycles. The number of anilines is 1. The number of nitrogens with two attached hydrogens (primary N) is 1. The minimum atomic E-state index is -5.09. The Kier molecular flexibility index (Phi) is 7.25. The highest BCUT2D eigenvalue weighted by Crippen LogP contribution is 2.49. The second kappa shape index (κ2) is 11.1. The topological polar surface area (TPSA) is 109 Å². The fourth-order valence-electron chi connectivity index (χ4n) is 8.19. The monoisotopic (exact) mass is 688 g/mol. The Bertz CT molecular complexity index is 2010. The minimum Gasteiger partial charge on any atom is -0.474 e. The van der Waals surface area contributed by atoms with Gasteiger partial charge >= 0.3 is 12.2 Å². The Morgan fingerprint density at radius 2 is 1.98 bits per heavy atom. The molecule has 8 nitrogen and oxygen atoms in total. The Morgan fingerprint density at radius 1 is 1.17 bits per heavy atom. The van der Waals surface area contributed by atoms with Gasteiger partial charge in [0, 0.05) is 37.0 Å². The summed E-state index contributed by atoms with van der Waals surface area (Å²) in [6, 6.07) is 4.17. The molecule has 2 aromatic carbocycles. The molecule has 1 aliphatic carbocycles. The smallest absolute Gasteiger partial charge is 0.417 e. The van der Waals surface area contributed by atoms with Crippen LogP contribution in [0, 0.1) is 28.4 Å². The number of nitrogens with one attached hydrogen (secondary N) is 1. The van der Waals surface area contributed by atoms with E-state index in [0.29, 0.717) is 37.1 Å². The number of ether oxygens (including phenoxy) is 2. The first-order valence-electron chi connectivity index (χ1n) is 15.8. The number of thiophene rings is 1. The van der Waals surface area contributed by atoms with Crippen LogP contribution >= 0.6 is 11.3 Å². The Morgan fingerprint density at radius 3 is 2.69 bits per heavy atom. The van der Waals surface area contributed by atoms with Gasteiger partial charge in [0.15, 0.2) is 5.82 Å². The second-order valence-corrected chi connectivity index (χ2v) is 14.6. The predicted octanol–water partition coefficient (Wildman–Crippen LogP) is 6.74. The molecule has 0 bridgehead atoms. The summed E-state index contributed by atoms with van der Waals surface area (Å²) in [5.41, 5.74) is 1.99. The number of halogens is 6. The van der Waals surface area contributed by atoms with E-state index in [1.54, 1.807) is 0 Å². The molecule has 3 atom stereocenters. The molecule has 1 unspecified atom stereocenters. The molecule has 4 fully saturated rings. The van der Waals surface area contributed by atoms with E-state index >= 15 is 4.39 Å². The standard InChI is InChI=1S/C33H30F6N6O2S/c34-16-9-32(5-1-7-45(32)12-16)15-46-30-43-26-19(29(44-30)47-17-4-6-31(10-17)13-42-14-31)8-21(33(37,38)39)24(25(26)36)18-2-3-22(35)27-23(18)20(11-40)28(41)48-27/h2-3,8,16-17,42H,1,4-7,9-10,12-15,41H2/t16-,17?,32+/m1/s1. The van der Waals surface area contributed by atoms with E-state index in [0.717, 1.165) is 44.1 Å². The van der Waals surface area contributed by atoms with E-state index in [4.69, 9.17) is 15.2 Å². The van der Waals surface area contributed by atoms with Gasteiger partial charge < -0.3 is 20.5 Å². The molecule has 2 aromatic heterocycles. The van der Waals surface area contributed by atoms with E-state index < -0.39 is 46.2 Å². The van der Waals surface area contributed by atoms with Crippen LogP contribution in [0.2, 0.25) is 0 Å². The zero-order valence-corrected chi connectivity index (χ0v) is 26.3. The SMILES string of the molecule is N#Cc1c(N)sc2c(F)ccc(-c3c(C(F)(F)F)cc4c(OC5CCC6(CNC6)C5)nc(OC[C@@]56CCCN5C[C@H](F)C6)nc4c3F)c12. The van der Waals surface area contributed by atoms with Gasteiger partial charge in [0.2, 0.25) is 5.88 Å². The molecule has 3 aliphatic heterocycles. The van der Waals surface area contributed by atoms with Gasteiger partial charge in [-0.2, -0.15) is 28.4 Å². The van der Waals surface area contributed by atoms with Crippen molar-refractivity contribution < 1.29 is 35.8 Å². The summed E-state index contributed by atoms with van der Waals surface area (Å²) < 4.78 is 103. The molecule has 3 N–H and O–H groups in total. The van der Waals surface area contributed by atoms with Crippen LogP contribution in [0.4, 0.5) is 31.3 Å². The summed E-state index contributed by atoms with van der Waals surface area (Å²) in [6.07, 6.45) is -2.57. The fraction of sp³-hybridized carbons (Fsp3) is 0.485. The quantitative estimate of drug-likeness (QED) is 0.215. The molecule has 3 saturated heterocycles. The second-order valence-electron chi connectivity index (χ2n) is 13.5. The van der Waals surface area contributed by atoms with Crippen LogP contribution in [0.1, 0.15) is 49.7 Å². The van der Waals surface area contributed by atoms with Crippen LogP contribution in [-0.2, 0) is 6.18 Å². The molecular weight excluding hydrogens is 658 g/mol. The average molecular weight is 689 g/mol. The van der Waals surface area contributed by atoms with Crippen molar-refractivity contribution in [1.29, 1.82) is 5.26 Å². The molecule has 4 aromatic rings. The summed E-state index contributed by atoms with van der Waals surface area (Å²) in [5, 5.41) is 12.4. The maximum Gasteiger partial charge on any atom is 0.417 e. The van der Waals surface area contributed by atoms with Gasteiger partial charge in [-0.1, -0.05) is 6.07 Å². The number of aromatic nitrogens is 2. The van der Waals surface area contributed by atoms with Crippen molar-refractivity contribution in [3.05, 3.63) is 41.0 Å². The lowest BCUT2D eigenvalue weighted by atomic mass is 9.80. The van der Waals surface area contributed by atoms with Gasteiger partial charge in [0.05, 0.1) is 26.8 Å². The lowest BCUT2D eigenvalue weighted by Crippen LogP contribution is -2.52. The number of hydrogen-bond donors (Lipinski definition) is 2. The predicted molar refractivity (Wildman–Crippen MR) is 167 cm³/mol. The summed E-state index contributed by atoms with van der Waals surface area (Å²) in [6.45, 7) is 2.60. The van der Waals surface area contributed by atoms with Crippen LogP contribution < -0.4 is 20.5 Å². The van der Waals surface area contributed by atoms with Crippen molar-refractivity contribution in [3.8, 4) is 29.1 Å². The normalized spacial score (nSPS) is 25.1. The summed E-state index contributed by atoms with van der Waals surface area (Å²) in [7, 11) is 0. The van der Waals surface area contributed by atoms with Crippen LogP contribution in [0.15, 0.2) is 18.2 Å². The number of fused-ring (bicyclic) bond motifs is 3. The molecule has 8 rings (SSSR count). The van der Waals surface area contributed by atoms with E-state index in [9.17, 15) is 27.2 Å². The molecule has 0 radical (unpaired) electrons. The van der Waals surface area contributed by atoms with Crippen molar-refractivity contribution in [2.75, 3.05) is 38.5 Å². The van der Waals surface area contributed by atoms with Crippen molar-refractivity contribution in [2.24, 2.45) is 5.41 Å². The molecule has 15 heteroatoms. The Balaban J connectivity index is 1.30. The molecule has 1 spiro atoms. The van der Waals surface area contributed by atoms with Crippen molar-refractivity contribution in [1.82, 2.24) is 20.2 Å². The van der Waals surface area contributed by atoms with Gasteiger partial charge in [-0.15, -0.1) is 11.3 Å². The first kappa shape index (κ1) is 31.4. The number of hydrogen-bond acceptors (Lipinski definition) is 9. The summed E-state index contributed by atoms with van der Waals surface area (Å²) >= 11 is 0.692. The zero-order chi connectivity index (χ0) is 33.6. The zero-order valence-electron chi connectivity index (χ0n) is 25.5. The van der Waals surface area contributed by atoms with Crippen LogP contribution in [0.3, 0.4) is 0 Å². The lowest BCUT2D eigenvalue weighted by Gasteiger charge is -2.39. The van der Waals surface area contributed by atoms with Crippen molar-refractivity contribution >= 4 is 37.3 Å². The third-order valence-corrected chi connectivity index (χ3v) is 11.6. The molecule has 252 valence electrons. The number of nitrogen functional groups attached to an aromatic ring is 1. The lowest BCUT2D eigenvalue weighted by molar-refractivity contribution is -0.137. The average Bonchev–Trinajstić information content (AvgIpc) is 3.77. The summed E-state index contributed by atoms with van der Waals surface area (Å²) in [5.74, 6) is -2.43. The maximum atomic E-state index is 16.9. The molecule has 48 heavy (non-hydrogen) atoms. The number of nitrogens with zero attached hydrogens (tertiary/aromatic N) is 4. The van der Waals surface area contributed by atoms with Gasteiger partial charge in [0.25, 0.3) is 0 Å². The molecule has 1 saturated carbocycles. The third kappa shape index (κ3) is 4.94. The first-order valence-corrected chi connectivity index (χ1v) is 16.6. The van der Waals surface area contributed by atoms with Gasteiger partial charge in [-0.3, -0.25) is 4.90 Å².